The number of aryl methyl sites for hydroxylation is 2. The molecule has 7 nitrogen and oxygen atoms in total. The quantitative estimate of drug-likeness (QED) is 0.734. The highest BCUT2D eigenvalue weighted by atomic mass is 19.4. The fourth-order valence-electron chi connectivity index (χ4n) is 2.43. The molecule has 2 N–H and O–H groups in total. The highest BCUT2D eigenvalue weighted by molar-refractivity contribution is 6.05. The van der Waals surface area contributed by atoms with E-state index in [4.69, 9.17) is 0 Å². The largest absolute Gasteiger partial charge is 0.434 e. The van der Waals surface area contributed by atoms with E-state index in [9.17, 15) is 22.8 Å². The maximum absolute atomic E-state index is 13.6. The molecule has 3 rings (SSSR count). The minimum absolute atomic E-state index is 0.271. The van der Waals surface area contributed by atoms with E-state index in [0.29, 0.717) is 10.4 Å². The summed E-state index contributed by atoms with van der Waals surface area (Å²) >= 11 is 0. The van der Waals surface area contributed by atoms with Crippen molar-refractivity contribution in [3.05, 3.63) is 69.3 Å². The number of aromatic amines is 1. The molecule has 10 heteroatoms. The Hall–Kier alpha value is -3.43. The van der Waals surface area contributed by atoms with Crippen LogP contribution in [0, 0.1) is 13.8 Å². The first-order chi connectivity index (χ1) is 12.7. The normalized spacial score (nSPS) is 11.4. The van der Waals surface area contributed by atoms with E-state index in [1.54, 1.807) is 18.2 Å². The van der Waals surface area contributed by atoms with E-state index in [2.05, 4.69) is 15.5 Å². The number of anilines is 1. The molecule has 0 aliphatic heterocycles. The zero-order chi connectivity index (χ0) is 19.8. The number of alkyl halides is 3. The summed E-state index contributed by atoms with van der Waals surface area (Å²) in [5.41, 5.74) is -0.284. The number of benzene rings is 1. The van der Waals surface area contributed by atoms with Gasteiger partial charge in [0.15, 0.2) is 11.5 Å². The Morgan fingerprint density at radius 3 is 2.48 bits per heavy atom. The number of hydrogen-bond donors (Lipinski definition) is 2. The topological polar surface area (TPSA) is 92.7 Å². The van der Waals surface area contributed by atoms with E-state index in [1.807, 2.05) is 18.9 Å². The van der Waals surface area contributed by atoms with Crippen LogP contribution in [0.2, 0.25) is 0 Å². The van der Waals surface area contributed by atoms with Crippen LogP contribution >= 0.6 is 0 Å². The van der Waals surface area contributed by atoms with Gasteiger partial charge in [-0.05, 0) is 43.2 Å². The van der Waals surface area contributed by atoms with Gasteiger partial charge in [0.1, 0.15) is 0 Å². The Morgan fingerprint density at radius 1 is 1.15 bits per heavy atom. The summed E-state index contributed by atoms with van der Waals surface area (Å²) in [6, 6.07) is 7.10. The van der Waals surface area contributed by atoms with E-state index in [1.165, 1.54) is 0 Å². The minimum atomic E-state index is -4.87. The molecule has 0 saturated carbocycles. The van der Waals surface area contributed by atoms with Gasteiger partial charge < -0.3 is 5.32 Å². The van der Waals surface area contributed by atoms with E-state index >= 15 is 0 Å². The zero-order valence-corrected chi connectivity index (χ0v) is 14.3. The van der Waals surface area contributed by atoms with Gasteiger partial charge in [-0.3, -0.25) is 9.59 Å². The van der Waals surface area contributed by atoms with Crippen molar-refractivity contribution in [2.24, 2.45) is 0 Å². The van der Waals surface area contributed by atoms with Crippen molar-refractivity contribution in [2.45, 2.75) is 20.0 Å². The maximum Gasteiger partial charge on any atom is 0.434 e. The Kier molecular flexibility index (Phi) is 4.56. The Morgan fingerprint density at radius 2 is 1.89 bits per heavy atom. The van der Waals surface area contributed by atoms with Crippen LogP contribution in [0.15, 0.2) is 41.3 Å². The first kappa shape index (κ1) is 18.4. The molecule has 2 aromatic heterocycles. The lowest BCUT2D eigenvalue weighted by Crippen LogP contribution is -2.21. The minimum Gasteiger partial charge on any atom is -0.322 e. The Bertz CT molecular complexity index is 1050. The summed E-state index contributed by atoms with van der Waals surface area (Å²) in [4.78, 5) is 23.5. The molecule has 2 heterocycles. The third kappa shape index (κ3) is 3.73. The summed E-state index contributed by atoms with van der Waals surface area (Å²) in [5.74, 6) is -1.23. The number of carbonyl (C=O) groups excluding carboxylic acids is 1. The van der Waals surface area contributed by atoms with Crippen LogP contribution in [-0.4, -0.2) is 25.9 Å². The molecule has 0 aliphatic carbocycles. The lowest BCUT2D eigenvalue weighted by Gasteiger charge is -2.12. The first-order valence-electron chi connectivity index (χ1n) is 7.77. The molecule has 3 aromatic rings. The molecule has 0 saturated heterocycles. The van der Waals surface area contributed by atoms with Crippen molar-refractivity contribution in [1.29, 1.82) is 0 Å². The maximum atomic E-state index is 13.6. The molecule has 0 bridgehead atoms. The van der Waals surface area contributed by atoms with Crippen molar-refractivity contribution in [3.8, 4) is 5.82 Å². The molecule has 0 spiro atoms. The lowest BCUT2D eigenvalue weighted by molar-refractivity contribution is -0.143. The zero-order valence-electron chi connectivity index (χ0n) is 14.3. The van der Waals surface area contributed by atoms with Gasteiger partial charge in [0.25, 0.3) is 11.5 Å². The SMILES string of the molecule is Cc1ccc(NC(=O)c2cnn(-c3ccc(=O)[nH]n3)c2C(F)(F)F)cc1C. The van der Waals surface area contributed by atoms with Gasteiger partial charge in [0, 0.05) is 11.8 Å². The fraction of sp³-hybridized carbons (Fsp3) is 0.176. The van der Waals surface area contributed by atoms with E-state index < -0.39 is 28.9 Å². The fourth-order valence-corrected chi connectivity index (χ4v) is 2.43. The summed E-state index contributed by atoms with van der Waals surface area (Å²) in [5, 5.41) is 11.6. The monoisotopic (exact) mass is 377 g/mol. The van der Waals surface area contributed by atoms with Crippen LogP contribution in [0.25, 0.3) is 5.82 Å². The number of hydrogen-bond acceptors (Lipinski definition) is 4. The van der Waals surface area contributed by atoms with Crippen LogP contribution in [0.3, 0.4) is 0 Å². The van der Waals surface area contributed by atoms with Crippen molar-refractivity contribution in [2.75, 3.05) is 5.32 Å². The number of nitrogens with one attached hydrogen (secondary N) is 2. The molecule has 140 valence electrons. The molecule has 0 aliphatic rings. The lowest BCUT2D eigenvalue weighted by atomic mass is 10.1. The molecule has 0 fully saturated rings. The second-order valence-corrected chi connectivity index (χ2v) is 5.85. The third-order valence-electron chi connectivity index (χ3n) is 3.93. The molecule has 27 heavy (non-hydrogen) atoms. The highest BCUT2D eigenvalue weighted by Crippen LogP contribution is 2.33. The summed E-state index contributed by atoms with van der Waals surface area (Å²) < 4.78 is 41.2. The number of halogens is 3. The van der Waals surface area contributed by atoms with Crippen molar-refractivity contribution < 1.29 is 18.0 Å². The van der Waals surface area contributed by atoms with Gasteiger partial charge in [-0.15, -0.1) is 0 Å². The van der Waals surface area contributed by atoms with Crippen LogP contribution in [-0.2, 0) is 6.18 Å². The molecule has 1 aromatic carbocycles. The second-order valence-electron chi connectivity index (χ2n) is 5.85. The van der Waals surface area contributed by atoms with Gasteiger partial charge in [0.05, 0.1) is 11.8 Å². The first-order valence-corrected chi connectivity index (χ1v) is 7.77. The van der Waals surface area contributed by atoms with Gasteiger partial charge in [0.2, 0.25) is 0 Å². The predicted octanol–water partition coefficient (Wildman–Crippen LogP) is 2.84. The second kappa shape index (κ2) is 6.71. The number of H-pyrrole nitrogens is 1. The molecular weight excluding hydrogens is 363 g/mol. The average Bonchev–Trinajstić information content (AvgIpc) is 3.04. The van der Waals surface area contributed by atoms with Crippen LogP contribution in [0.1, 0.15) is 27.2 Å². The predicted molar refractivity (Wildman–Crippen MR) is 90.9 cm³/mol. The van der Waals surface area contributed by atoms with Gasteiger partial charge in [-0.2, -0.15) is 23.4 Å². The van der Waals surface area contributed by atoms with Crippen molar-refractivity contribution in [1.82, 2.24) is 20.0 Å². The summed E-state index contributed by atoms with van der Waals surface area (Å²) in [7, 11) is 0. The number of aromatic nitrogens is 4. The number of amides is 1. The molecule has 1 amide bonds. The van der Waals surface area contributed by atoms with E-state index in [-0.39, 0.29) is 5.82 Å². The smallest absolute Gasteiger partial charge is 0.322 e. The third-order valence-corrected chi connectivity index (χ3v) is 3.93. The van der Waals surface area contributed by atoms with Crippen LogP contribution in [0.4, 0.5) is 18.9 Å². The van der Waals surface area contributed by atoms with Gasteiger partial charge >= 0.3 is 6.18 Å². The van der Waals surface area contributed by atoms with Gasteiger partial charge in [-0.1, -0.05) is 6.07 Å². The van der Waals surface area contributed by atoms with Crippen molar-refractivity contribution in [3.63, 3.8) is 0 Å². The Labute approximate surface area is 150 Å². The molecule has 0 unspecified atom stereocenters. The number of nitrogens with zero attached hydrogens (tertiary/aromatic N) is 3. The standard InChI is InChI=1S/C17H14F3N5O2/c1-9-3-4-11(7-10(9)2)22-16(27)12-8-21-25(15(12)17(18,19)20)13-5-6-14(26)24-23-13/h3-8H,1-2H3,(H,22,27)(H,24,26). The molecule has 0 radical (unpaired) electrons. The average molecular weight is 377 g/mol. The Balaban J connectivity index is 2.02. The van der Waals surface area contributed by atoms with Crippen LogP contribution < -0.4 is 10.9 Å². The molecule has 0 atom stereocenters. The number of carbonyl (C=O) groups is 1. The summed E-state index contributed by atoms with van der Waals surface area (Å²) in [6.07, 6.45) is -4.06. The van der Waals surface area contributed by atoms with E-state index in [0.717, 1.165) is 29.5 Å². The van der Waals surface area contributed by atoms with Crippen LogP contribution in [0.5, 0.6) is 0 Å². The number of rotatable bonds is 3. The molecular formula is C17H14F3N5O2. The van der Waals surface area contributed by atoms with Crippen molar-refractivity contribution >= 4 is 11.6 Å². The van der Waals surface area contributed by atoms with Gasteiger partial charge in [-0.25, -0.2) is 9.78 Å². The highest BCUT2D eigenvalue weighted by Gasteiger charge is 2.41. The summed E-state index contributed by atoms with van der Waals surface area (Å²) in [6.45, 7) is 3.70.